The monoisotopic (exact) mass is 287 g/mol. The van der Waals surface area contributed by atoms with Crippen LogP contribution in [0.2, 0.25) is 0 Å². The fraction of sp³-hybridized carbons (Fsp3) is 0.533. The molecule has 0 spiro atoms. The molecule has 6 nitrogen and oxygen atoms in total. The molecule has 3 rings (SSSR count). The number of carbonyl (C=O) groups excluding carboxylic acids is 1. The van der Waals surface area contributed by atoms with Crippen molar-refractivity contribution in [3.05, 3.63) is 29.2 Å². The minimum Gasteiger partial charge on any atom is -0.331 e. The maximum Gasteiger partial charge on any atom is 0.259 e. The van der Waals surface area contributed by atoms with Crippen LogP contribution in [0.4, 0.5) is 0 Å². The number of piperazine rings is 1. The van der Waals surface area contributed by atoms with E-state index in [1.807, 2.05) is 24.8 Å². The normalized spacial score (nSPS) is 22.8. The van der Waals surface area contributed by atoms with Gasteiger partial charge in [-0.05, 0) is 33.8 Å². The molecular formula is C15H21N5O. The molecule has 0 bridgehead atoms. The molecule has 0 aliphatic carbocycles. The average Bonchev–Trinajstić information content (AvgIpc) is 2.82. The van der Waals surface area contributed by atoms with Crippen molar-refractivity contribution in [1.82, 2.24) is 24.8 Å². The van der Waals surface area contributed by atoms with Crippen molar-refractivity contribution in [2.75, 3.05) is 13.1 Å². The number of hydrogen-bond donors (Lipinski definition) is 1. The van der Waals surface area contributed by atoms with Gasteiger partial charge in [-0.3, -0.25) is 4.79 Å². The van der Waals surface area contributed by atoms with E-state index in [2.05, 4.69) is 29.2 Å². The lowest BCUT2D eigenvalue weighted by atomic mass is 10.1. The summed E-state index contributed by atoms with van der Waals surface area (Å²) in [6, 6.07) is 2.30. The van der Waals surface area contributed by atoms with Gasteiger partial charge >= 0.3 is 0 Å². The topological polar surface area (TPSA) is 62.5 Å². The van der Waals surface area contributed by atoms with Crippen LogP contribution < -0.4 is 5.32 Å². The lowest BCUT2D eigenvalue weighted by Gasteiger charge is -2.39. The van der Waals surface area contributed by atoms with Crippen LogP contribution in [0, 0.1) is 13.8 Å². The molecule has 2 aromatic rings. The molecule has 3 heterocycles. The van der Waals surface area contributed by atoms with Gasteiger partial charge in [0.15, 0.2) is 5.65 Å². The number of aryl methyl sites for hydroxylation is 2. The fourth-order valence-electron chi connectivity index (χ4n) is 3.09. The van der Waals surface area contributed by atoms with Crippen molar-refractivity contribution in [2.24, 2.45) is 0 Å². The Labute approximate surface area is 124 Å². The van der Waals surface area contributed by atoms with E-state index in [0.29, 0.717) is 11.2 Å². The molecule has 6 heteroatoms. The molecule has 1 N–H and O–H groups in total. The van der Waals surface area contributed by atoms with E-state index in [1.165, 1.54) is 0 Å². The lowest BCUT2D eigenvalue weighted by molar-refractivity contribution is 0.0546. The minimum atomic E-state index is 0.0176. The second-order valence-electron chi connectivity index (χ2n) is 5.90. The molecule has 2 aromatic heterocycles. The summed E-state index contributed by atoms with van der Waals surface area (Å²) in [5, 5.41) is 7.66. The first-order valence-corrected chi connectivity index (χ1v) is 7.34. The summed E-state index contributed by atoms with van der Waals surface area (Å²) >= 11 is 0. The van der Waals surface area contributed by atoms with E-state index in [0.717, 1.165) is 24.5 Å². The molecule has 21 heavy (non-hydrogen) atoms. The van der Waals surface area contributed by atoms with Gasteiger partial charge in [0, 0.05) is 36.6 Å². The minimum absolute atomic E-state index is 0.0176. The molecular weight excluding hydrogens is 266 g/mol. The third-order valence-electron chi connectivity index (χ3n) is 4.07. The van der Waals surface area contributed by atoms with E-state index in [4.69, 9.17) is 0 Å². The van der Waals surface area contributed by atoms with Crippen molar-refractivity contribution in [3.63, 3.8) is 0 Å². The van der Waals surface area contributed by atoms with Crippen LogP contribution in [0.15, 0.2) is 12.3 Å². The maximum atomic E-state index is 12.9. The van der Waals surface area contributed by atoms with Crippen LogP contribution in [-0.2, 0) is 0 Å². The van der Waals surface area contributed by atoms with E-state index in [9.17, 15) is 4.79 Å². The molecule has 1 fully saturated rings. The van der Waals surface area contributed by atoms with Gasteiger partial charge in [0.05, 0.1) is 6.20 Å². The van der Waals surface area contributed by atoms with Gasteiger partial charge in [-0.2, -0.15) is 5.10 Å². The predicted octanol–water partition coefficient (Wildman–Crippen LogP) is 1.17. The number of nitrogens with one attached hydrogen (secondary N) is 1. The number of aromatic nitrogens is 3. The molecule has 1 aliphatic heterocycles. The van der Waals surface area contributed by atoms with Crippen LogP contribution >= 0.6 is 0 Å². The summed E-state index contributed by atoms with van der Waals surface area (Å²) < 4.78 is 1.73. The highest BCUT2D eigenvalue weighted by Gasteiger charge is 2.31. The molecule has 2 unspecified atom stereocenters. The first kappa shape index (κ1) is 14.0. The van der Waals surface area contributed by atoms with Crippen LogP contribution in [0.1, 0.15) is 35.6 Å². The zero-order valence-corrected chi connectivity index (χ0v) is 12.9. The second-order valence-corrected chi connectivity index (χ2v) is 5.90. The van der Waals surface area contributed by atoms with Gasteiger partial charge in [0.1, 0.15) is 5.56 Å². The van der Waals surface area contributed by atoms with Crippen molar-refractivity contribution in [3.8, 4) is 0 Å². The number of carbonyl (C=O) groups is 1. The smallest absolute Gasteiger partial charge is 0.259 e. The first-order valence-electron chi connectivity index (χ1n) is 7.34. The predicted molar refractivity (Wildman–Crippen MR) is 80.4 cm³/mol. The van der Waals surface area contributed by atoms with Gasteiger partial charge in [0.2, 0.25) is 0 Å². The summed E-state index contributed by atoms with van der Waals surface area (Å²) in [4.78, 5) is 19.4. The quantitative estimate of drug-likeness (QED) is 0.855. The van der Waals surface area contributed by atoms with Crippen molar-refractivity contribution in [2.45, 2.75) is 39.8 Å². The number of hydrogen-bond acceptors (Lipinski definition) is 4. The van der Waals surface area contributed by atoms with E-state index < -0.39 is 0 Å². The Balaban J connectivity index is 2.05. The van der Waals surface area contributed by atoms with Crippen molar-refractivity contribution < 1.29 is 4.79 Å². The van der Waals surface area contributed by atoms with E-state index in [-0.39, 0.29) is 18.0 Å². The summed E-state index contributed by atoms with van der Waals surface area (Å²) in [6.45, 7) is 9.68. The molecule has 112 valence electrons. The Kier molecular flexibility index (Phi) is 3.41. The SMILES string of the molecule is Cc1cc(C)n2ncc(C(=O)N3C(C)CNCC3C)c2n1. The largest absolute Gasteiger partial charge is 0.331 e. The Morgan fingerprint density at radius 3 is 2.62 bits per heavy atom. The molecule has 1 aliphatic rings. The Bertz CT molecular complexity index is 683. The third-order valence-corrected chi connectivity index (χ3v) is 4.07. The van der Waals surface area contributed by atoms with Gasteiger partial charge in [0.25, 0.3) is 5.91 Å². The highest BCUT2D eigenvalue weighted by molar-refractivity contribution is 6.00. The van der Waals surface area contributed by atoms with E-state index >= 15 is 0 Å². The number of amides is 1. The Morgan fingerprint density at radius 2 is 1.95 bits per heavy atom. The lowest BCUT2D eigenvalue weighted by Crippen LogP contribution is -2.57. The summed E-state index contributed by atoms with van der Waals surface area (Å²) in [5.74, 6) is 0.0176. The third kappa shape index (κ3) is 2.29. The van der Waals surface area contributed by atoms with Crippen molar-refractivity contribution >= 4 is 11.6 Å². The van der Waals surface area contributed by atoms with Gasteiger partial charge in [-0.25, -0.2) is 9.50 Å². The highest BCUT2D eigenvalue weighted by atomic mass is 16.2. The summed E-state index contributed by atoms with van der Waals surface area (Å²) in [7, 11) is 0. The molecule has 0 aromatic carbocycles. The number of nitrogens with zero attached hydrogens (tertiary/aromatic N) is 4. The van der Waals surface area contributed by atoms with Crippen molar-refractivity contribution in [1.29, 1.82) is 0 Å². The van der Waals surface area contributed by atoms with Crippen LogP contribution in [0.5, 0.6) is 0 Å². The molecule has 1 amide bonds. The standard InChI is InChI=1S/C15H21N5O/c1-9-5-10(2)20-14(18-9)13(8-17-20)15(21)19-11(3)6-16-7-12(19)4/h5,8,11-12,16H,6-7H2,1-4H3. The van der Waals surface area contributed by atoms with Crippen LogP contribution in [0.25, 0.3) is 5.65 Å². The first-order chi connectivity index (χ1) is 9.99. The Hall–Kier alpha value is -1.95. The zero-order valence-electron chi connectivity index (χ0n) is 12.9. The van der Waals surface area contributed by atoms with Gasteiger partial charge < -0.3 is 10.2 Å². The maximum absolute atomic E-state index is 12.9. The summed E-state index contributed by atoms with van der Waals surface area (Å²) in [5.41, 5.74) is 3.12. The van der Waals surface area contributed by atoms with Crippen LogP contribution in [-0.4, -0.2) is 50.6 Å². The fourth-order valence-corrected chi connectivity index (χ4v) is 3.09. The van der Waals surface area contributed by atoms with Gasteiger partial charge in [-0.1, -0.05) is 0 Å². The summed E-state index contributed by atoms with van der Waals surface area (Å²) in [6.07, 6.45) is 1.64. The number of fused-ring (bicyclic) bond motifs is 1. The van der Waals surface area contributed by atoms with E-state index in [1.54, 1.807) is 10.7 Å². The highest BCUT2D eigenvalue weighted by Crippen LogP contribution is 2.18. The molecule has 1 saturated heterocycles. The second kappa shape index (κ2) is 5.11. The zero-order chi connectivity index (χ0) is 15.1. The van der Waals surface area contributed by atoms with Gasteiger partial charge in [-0.15, -0.1) is 0 Å². The van der Waals surface area contributed by atoms with Crippen LogP contribution in [0.3, 0.4) is 0 Å². The average molecular weight is 287 g/mol. The molecule has 0 radical (unpaired) electrons. The number of rotatable bonds is 1. The molecule has 2 atom stereocenters. The molecule has 0 saturated carbocycles. The Morgan fingerprint density at radius 1 is 1.29 bits per heavy atom.